The van der Waals surface area contributed by atoms with Crippen LogP contribution in [0, 0.1) is 5.92 Å². The van der Waals surface area contributed by atoms with Gasteiger partial charge in [0.05, 0.1) is 24.8 Å². The van der Waals surface area contributed by atoms with Crippen molar-refractivity contribution in [1.82, 2.24) is 26.6 Å². The van der Waals surface area contributed by atoms with E-state index in [-0.39, 0.29) is 25.2 Å². The lowest BCUT2D eigenvalue weighted by Gasteiger charge is -2.27. The molecule has 1 rings (SSSR count). The number of ether oxygens (including phenoxy) is 1. The Kier molecular flexibility index (Phi) is 16.2. The molecule has 6 atom stereocenters. The summed E-state index contributed by atoms with van der Waals surface area (Å²) in [5.41, 5.74) is -0.0179. The largest absolute Gasteiger partial charge is 0.444 e. The molecule has 14 heteroatoms. The number of nitrogens with one attached hydrogen (secondary N) is 5. The highest BCUT2D eigenvalue weighted by Crippen LogP contribution is 2.12. The van der Waals surface area contributed by atoms with E-state index in [9.17, 15) is 39.0 Å². The second-order valence-electron chi connectivity index (χ2n) is 12.2. The molecule has 5 unspecified atom stereocenters. The van der Waals surface area contributed by atoms with Crippen LogP contribution in [0.4, 0.5) is 4.79 Å². The Morgan fingerprint density at radius 1 is 0.844 bits per heavy atom. The molecule has 0 aliphatic carbocycles. The molecule has 0 fully saturated rings. The Bertz CT molecular complexity index is 1140. The predicted octanol–water partition coefficient (Wildman–Crippen LogP) is 0.000500. The third-order valence-corrected chi connectivity index (χ3v) is 6.56. The summed E-state index contributed by atoms with van der Waals surface area (Å²) in [7, 11) is 0. The molecule has 0 saturated carbocycles. The maximum atomic E-state index is 13.1. The van der Waals surface area contributed by atoms with Crippen LogP contribution in [-0.4, -0.2) is 94.7 Å². The molecule has 1 aromatic carbocycles. The first kappa shape index (κ1) is 39.0. The summed E-state index contributed by atoms with van der Waals surface area (Å²) < 4.78 is 5.08. The molecule has 14 nitrogen and oxygen atoms in total. The molecule has 0 saturated heterocycles. The van der Waals surface area contributed by atoms with E-state index < -0.39 is 78.2 Å². The summed E-state index contributed by atoms with van der Waals surface area (Å²) >= 11 is 0. The Hall–Kier alpha value is -4.04. The van der Waals surface area contributed by atoms with Crippen LogP contribution in [0.25, 0.3) is 0 Å². The Labute approximate surface area is 264 Å². The van der Waals surface area contributed by atoms with Crippen molar-refractivity contribution in [3.05, 3.63) is 35.9 Å². The molecule has 5 amide bonds. The lowest BCUT2D eigenvalue weighted by Crippen LogP contribution is -2.57. The highest BCUT2D eigenvalue weighted by molar-refractivity contribution is 5.93. The molecule has 0 aliphatic heterocycles. The molecule has 0 heterocycles. The van der Waals surface area contributed by atoms with Gasteiger partial charge in [0, 0.05) is 6.42 Å². The second kappa shape index (κ2) is 18.7. The van der Waals surface area contributed by atoms with E-state index in [1.165, 1.54) is 13.8 Å². The number of hydrogen-bond donors (Lipinski definition) is 7. The number of carbonyl (C=O) groups excluding carboxylic acids is 6. The van der Waals surface area contributed by atoms with Crippen LogP contribution in [-0.2, 0) is 35.1 Å². The molecule has 45 heavy (non-hydrogen) atoms. The zero-order valence-electron chi connectivity index (χ0n) is 27.0. The predicted molar refractivity (Wildman–Crippen MR) is 165 cm³/mol. The van der Waals surface area contributed by atoms with Crippen molar-refractivity contribution >= 4 is 36.0 Å². The van der Waals surface area contributed by atoms with Gasteiger partial charge >= 0.3 is 6.09 Å². The Morgan fingerprint density at radius 3 is 1.91 bits per heavy atom. The van der Waals surface area contributed by atoms with Crippen molar-refractivity contribution in [3.63, 3.8) is 0 Å². The first-order valence-corrected chi connectivity index (χ1v) is 14.9. The van der Waals surface area contributed by atoms with E-state index >= 15 is 0 Å². The van der Waals surface area contributed by atoms with Crippen molar-refractivity contribution in [3.8, 4) is 0 Å². The van der Waals surface area contributed by atoms with Gasteiger partial charge < -0.3 is 41.5 Å². The monoisotopic (exact) mass is 634 g/mol. The number of hydrogen-bond acceptors (Lipinski definition) is 9. The minimum atomic E-state index is -1.38. The maximum Gasteiger partial charge on any atom is 0.408 e. The van der Waals surface area contributed by atoms with Crippen molar-refractivity contribution in [2.24, 2.45) is 5.92 Å². The third kappa shape index (κ3) is 15.0. The second-order valence-corrected chi connectivity index (χ2v) is 12.2. The lowest BCUT2D eigenvalue weighted by atomic mass is 9.97. The number of carbonyl (C=O) groups is 5. The SMILES string of the molecule is CC(NC(=O)C(C)NC(=O)C(CO)NC(=O)OC(C)(C)C)C(=O)N[C@@H](Cc1ccccc1)C(O)CCC(=O)NC([C]=O)C(C)C. The molecule has 0 spiro atoms. The standard InChI is InChI=1S/C31H48N5O9/c1-18(2)23(16-37)34-26(40)14-13-25(39)22(15-21-11-9-8-10-12-21)35-28(42)20(4)32-27(41)19(3)33-29(43)24(17-38)36-30(44)45-31(5,6)7/h8-12,18-20,22-25,38-39H,13-15,17H2,1-7H3,(H,32,41)(H,33,43)(H,34,40)(H,35,42)(H,36,44)/t19?,20?,22-,23?,24?,25?/m0/s1. The number of aliphatic hydroxyl groups is 2. The molecular weight excluding hydrogens is 586 g/mol. The van der Waals surface area contributed by atoms with E-state index in [0.29, 0.717) is 0 Å². The van der Waals surface area contributed by atoms with Gasteiger partial charge in [0.15, 0.2) is 0 Å². The summed E-state index contributed by atoms with van der Waals surface area (Å²) in [6.07, 6.45) is -0.180. The van der Waals surface area contributed by atoms with Gasteiger partial charge in [-0.3, -0.25) is 24.0 Å². The van der Waals surface area contributed by atoms with Crippen LogP contribution in [0.3, 0.4) is 0 Å². The van der Waals surface area contributed by atoms with Crippen molar-refractivity contribution in [2.75, 3.05) is 6.61 Å². The zero-order chi connectivity index (χ0) is 34.3. The van der Waals surface area contributed by atoms with E-state index in [2.05, 4.69) is 26.6 Å². The Balaban J connectivity index is 2.82. The summed E-state index contributed by atoms with van der Waals surface area (Å²) in [4.78, 5) is 73.8. The van der Waals surface area contributed by atoms with Gasteiger partial charge in [0.2, 0.25) is 29.9 Å². The van der Waals surface area contributed by atoms with Crippen LogP contribution in [0.2, 0.25) is 0 Å². The van der Waals surface area contributed by atoms with Crippen LogP contribution < -0.4 is 26.6 Å². The summed E-state index contributed by atoms with van der Waals surface area (Å²) in [5, 5.41) is 32.9. The van der Waals surface area contributed by atoms with Crippen molar-refractivity contribution in [2.45, 2.75) is 110 Å². The summed E-state index contributed by atoms with van der Waals surface area (Å²) in [5.74, 6) is -2.78. The number of alkyl carbamates (subject to hydrolysis) is 1. The van der Waals surface area contributed by atoms with E-state index in [4.69, 9.17) is 4.74 Å². The fraction of sp³-hybridized carbons (Fsp3) is 0.613. The lowest BCUT2D eigenvalue weighted by molar-refractivity contribution is -0.132. The van der Waals surface area contributed by atoms with Gasteiger partial charge in [-0.15, -0.1) is 0 Å². The van der Waals surface area contributed by atoms with Gasteiger partial charge in [0.25, 0.3) is 0 Å². The van der Waals surface area contributed by atoms with E-state index in [1.807, 2.05) is 18.2 Å². The van der Waals surface area contributed by atoms with Crippen LogP contribution in [0.1, 0.15) is 66.9 Å². The van der Waals surface area contributed by atoms with Gasteiger partial charge in [0.1, 0.15) is 23.7 Å². The molecule has 7 N–H and O–H groups in total. The zero-order valence-corrected chi connectivity index (χ0v) is 27.0. The van der Waals surface area contributed by atoms with Crippen molar-refractivity contribution in [1.29, 1.82) is 0 Å². The first-order valence-electron chi connectivity index (χ1n) is 14.9. The van der Waals surface area contributed by atoms with E-state index in [1.54, 1.807) is 53.0 Å². The third-order valence-electron chi connectivity index (χ3n) is 6.56. The molecule has 251 valence electrons. The average molecular weight is 635 g/mol. The number of rotatable bonds is 17. The van der Waals surface area contributed by atoms with Gasteiger partial charge in [-0.05, 0) is 58.9 Å². The molecule has 0 aromatic heterocycles. The number of amides is 5. The van der Waals surface area contributed by atoms with Crippen LogP contribution >= 0.6 is 0 Å². The molecule has 1 aromatic rings. The minimum Gasteiger partial charge on any atom is -0.444 e. The molecule has 0 bridgehead atoms. The van der Waals surface area contributed by atoms with Crippen molar-refractivity contribution < 1.29 is 43.7 Å². The molecule has 1 radical (unpaired) electrons. The topological polar surface area (TPSA) is 212 Å². The van der Waals surface area contributed by atoms with Crippen LogP contribution in [0.15, 0.2) is 30.3 Å². The number of aliphatic hydroxyl groups excluding tert-OH is 2. The molecular formula is C31H48N5O9. The van der Waals surface area contributed by atoms with Gasteiger partial charge in [-0.25, -0.2) is 4.79 Å². The quantitative estimate of drug-likeness (QED) is 0.123. The maximum absolute atomic E-state index is 13.1. The smallest absolute Gasteiger partial charge is 0.408 e. The minimum absolute atomic E-state index is 0.0134. The highest BCUT2D eigenvalue weighted by atomic mass is 16.6. The van der Waals surface area contributed by atoms with Gasteiger partial charge in [-0.2, -0.15) is 0 Å². The normalized spacial score (nSPS) is 15.3. The summed E-state index contributed by atoms with van der Waals surface area (Å²) in [6.45, 7) is 10.5. The van der Waals surface area contributed by atoms with Crippen LogP contribution in [0.5, 0.6) is 0 Å². The fourth-order valence-corrected chi connectivity index (χ4v) is 3.94. The molecule has 0 aliphatic rings. The first-order chi connectivity index (χ1) is 21.0. The Morgan fingerprint density at radius 2 is 1.40 bits per heavy atom. The average Bonchev–Trinajstić information content (AvgIpc) is 2.96. The summed E-state index contributed by atoms with van der Waals surface area (Å²) in [6, 6.07) is 3.84. The fourth-order valence-electron chi connectivity index (χ4n) is 3.94. The highest BCUT2D eigenvalue weighted by Gasteiger charge is 2.29. The number of benzene rings is 1. The van der Waals surface area contributed by atoms with E-state index in [0.717, 1.165) is 5.56 Å². The van der Waals surface area contributed by atoms with Gasteiger partial charge in [-0.1, -0.05) is 44.2 Å².